The van der Waals surface area contributed by atoms with Crippen LogP contribution in [0.4, 0.5) is 0 Å². The lowest BCUT2D eigenvalue weighted by molar-refractivity contribution is 0.156. The number of benzene rings is 1. The summed E-state index contributed by atoms with van der Waals surface area (Å²) < 4.78 is 5.66. The highest BCUT2D eigenvalue weighted by atomic mass is 127. The zero-order chi connectivity index (χ0) is 17.3. The largest absolute Gasteiger partial charge is 0.381 e. The molecule has 0 radical (unpaired) electrons. The third-order valence-corrected chi connectivity index (χ3v) is 6.35. The summed E-state index contributed by atoms with van der Waals surface area (Å²) in [7, 11) is 0. The van der Waals surface area contributed by atoms with Gasteiger partial charge in [0.05, 0.1) is 13.2 Å². The molecule has 1 aromatic rings. The van der Waals surface area contributed by atoms with Crippen LogP contribution in [0.3, 0.4) is 0 Å². The predicted molar refractivity (Wildman–Crippen MR) is 118 cm³/mol. The summed E-state index contributed by atoms with van der Waals surface area (Å²) >= 11 is 6.04. The van der Waals surface area contributed by atoms with Gasteiger partial charge >= 0.3 is 0 Å². The highest BCUT2D eigenvalue weighted by molar-refractivity contribution is 14.0. The predicted octanol–water partition coefficient (Wildman–Crippen LogP) is 4.07. The van der Waals surface area contributed by atoms with E-state index in [9.17, 15) is 0 Å². The topological polar surface area (TPSA) is 36.9 Å². The number of hydrogen-bond acceptors (Lipinski definition) is 2. The standard InChI is InChI=1S/C20H28ClN3O.HI/c1-2-22-18(24-11-9-19(14-24)10-12-25-15-19)23-13-20(7-8-20)16-3-5-17(21)6-4-16;/h3-6H,2,7-15H2,1H3,(H,22,23);1H. The summed E-state index contributed by atoms with van der Waals surface area (Å²) in [5.41, 5.74) is 1.96. The Kier molecular flexibility index (Phi) is 6.40. The fourth-order valence-corrected chi connectivity index (χ4v) is 4.36. The molecule has 144 valence electrons. The second-order valence-corrected chi connectivity index (χ2v) is 8.37. The van der Waals surface area contributed by atoms with Crippen molar-refractivity contribution in [2.45, 2.75) is 38.0 Å². The highest BCUT2D eigenvalue weighted by Crippen LogP contribution is 2.48. The maximum absolute atomic E-state index is 6.04. The fourth-order valence-electron chi connectivity index (χ4n) is 4.23. The van der Waals surface area contributed by atoms with Gasteiger partial charge in [0.25, 0.3) is 0 Å². The fraction of sp³-hybridized carbons (Fsp3) is 0.650. The molecule has 1 unspecified atom stereocenters. The van der Waals surface area contributed by atoms with Gasteiger partial charge in [-0.25, -0.2) is 0 Å². The van der Waals surface area contributed by atoms with Crippen molar-refractivity contribution in [3.05, 3.63) is 34.9 Å². The summed E-state index contributed by atoms with van der Waals surface area (Å²) in [6.45, 7) is 7.91. The molecule has 6 heteroatoms. The van der Waals surface area contributed by atoms with Crippen molar-refractivity contribution in [3.8, 4) is 0 Å². The van der Waals surface area contributed by atoms with Crippen molar-refractivity contribution in [3.63, 3.8) is 0 Å². The van der Waals surface area contributed by atoms with Gasteiger partial charge in [0.1, 0.15) is 0 Å². The van der Waals surface area contributed by atoms with E-state index in [1.54, 1.807) is 0 Å². The van der Waals surface area contributed by atoms with Crippen molar-refractivity contribution in [2.24, 2.45) is 10.4 Å². The Balaban J connectivity index is 0.00000196. The smallest absolute Gasteiger partial charge is 0.193 e. The van der Waals surface area contributed by atoms with Crippen LogP contribution >= 0.6 is 35.6 Å². The number of nitrogens with zero attached hydrogens (tertiary/aromatic N) is 2. The Morgan fingerprint density at radius 3 is 2.62 bits per heavy atom. The van der Waals surface area contributed by atoms with Crippen molar-refractivity contribution in [1.82, 2.24) is 10.2 Å². The lowest BCUT2D eigenvalue weighted by Gasteiger charge is -2.25. The van der Waals surface area contributed by atoms with Crippen LogP contribution in [0.25, 0.3) is 0 Å². The first-order valence-electron chi connectivity index (χ1n) is 9.52. The number of nitrogens with one attached hydrogen (secondary N) is 1. The molecule has 1 aliphatic carbocycles. The average molecular weight is 490 g/mol. The molecule has 1 N–H and O–H groups in total. The van der Waals surface area contributed by atoms with Gasteiger partial charge in [-0.15, -0.1) is 24.0 Å². The SMILES string of the molecule is CCNC(=NCC1(c2ccc(Cl)cc2)CC1)N1CCC2(CCOC2)C1.I. The number of ether oxygens (including phenoxy) is 1. The first-order valence-corrected chi connectivity index (χ1v) is 9.90. The summed E-state index contributed by atoms with van der Waals surface area (Å²) in [5, 5.41) is 4.31. The quantitative estimate of drug-likeness (QED) is 0.394. The molecular weight excluding hydrogens is 461 g/mol. The summed E-state index contributed by atoms with van der Waals surface area (Å²) in [4.78, 5) is 7.48. The van der Waals surface area contributed by atoms with Crippen molar-refractivity contribution in [1.29, 1.82) is 0 Å². The minimum Gasteiger partial charge on any atom is -0.381 e. The maximum Gasteiger partial charge on any atom is 0.193 e. The highest BCUT2D eigenvalue weighted by Gasteiger charge is 2.45. The second kappa shape index (κ2) is 8.23. The lowest BCUT2D eigenvalue weighted by atomic mass is 9.87. The molecule has 0 aromatic heterocycles. The van der Waals surface area contributed by atoms with E-state index < -0.39 is 0 Å². The van der Waals surface area contributed by atoms with Crippen LogP contribution in [-0.2, 0) is 10.2 Å². The van der Waals surface area contributed by atoms with E-state index >= 15 is 0 Å². The van der Waals surface area contributed by atoms with E-state index in [0.29, 0.717) is 5.41 Å². The zero-order valence-corrected chi connectivity index (χ0v) is 18.6. The molecule has 1 saturated carbocycles. The van der Waals surface area contributed by atoms with Gasteiger partial charge in [-0.3, -0.25) is 4.99 Å². The summed E-state index contributed by atoms with van der Waals surface area (Å²) in [5.74, 6) is 1.08. The van der Waals surface area contributed by atoms with Crippen LogP contribution in [0.1, 0.15) is 38.2 Å². The average Bonchev–Trinajstić information content (AvgIpc) is 3.09. The van der Waals surface area contributed by atoms with E-state index in [0.717, 1.165) is 50.4 Å². The van der Waals surface area contributed by atoms with Crippen molar-refractivity contribution < 1.29 is 4.74 Å². The molecule has 4 nitrogen and oxygen atoms in total. The van der Waals surface area contributed by atoms with E-state index in [1.165, 1.54) is 31.2 Å². The minimum absolute atomic E-state index is 0. The Morgan fingerprint density at radius 1 is 1.23 bits per heavy atom. The summed E-state index contributed by atoms with van der Waals surface area (Å²) in [6.07, 6.45) is 4.85. The Morgan fingerprint density at radius 2 is 2.00 bits per heavy atom. The summed E-state index contributed by atoms with van der Waals surface area (Å²) in [6, 6.07) is 8.32. The third-order valence-electron chi connectivity index (χ3n) is 6.10. The lowest BCUT2D eigenvalue weighted by Crippen LogP contribution is -2.42. The molecule has 0 amide bonds. The van der Waals surface area contributed by atoms with Crippen LogP contribution in [0.15, 0.2) is 29.3 Å². The molecular formula is C20H29ClIN3O. The van der Waals surface area contributed by atoms with Gasteiger partial charge < -0.3 is 15.0 Å². The van der Waals surface area contributed by atoms with Gasteiger partial charge in [-0.1, -0.05) is 23.7 Å². The number of hydrogen-bond donors (Lipinski definition) is 1. The van der Waals surface area contributed by atoms with E-state index in [-0.39, 0.29) is 29.4 Å². The molecule has 2 saturated heterocycles. The number of rotatable bonds is 4. The molecule has 3 aliphatic rings. The van der Waals surface area contributed by atoms with Gasteiger partial charge in [-0.05, 0) is 50.3 Å². The van der Waals surface area contributed by atoms with Crippen LogP contribution in [0, 0.1) is 5.41 Å². The third kappa shape index (κ3) is 4.14. The molecule has 1 atom stereocenters. The normalized spacial score (nSPS) is 26.8. The Labute approximate surface area is 178 Å². The van der Waals surface area contributed by atoms with E-state index in [1.807, 2.05) is 12.1 Å². The molecule has 0 bridgehead atoms. The molecule has 26 heavy (non-hydrogen) atoms. The van der Waals surface area contributed by atoms with E-state index in [4.69, 9.17) is 21.3 Å². The van der Waals surface area contributed by atoms with E-state index in [2.05, 4.69) is 29.3 Å². The van der Waals surface area contributed by atoms with Gasteiger partial charge in [-0.2, -0.15) is 0 Å². The zero-order valence-electron chi connectivity index (χ0n) is 15.5. The molecule has 4 rings (SSSR count). The monoisotopic (exact) mass is 489 g/mol. The number of guanidine groups is 1. The van der Waals surface area contributed by atoms with Crippen LogP contribution in [-0.4, -0.2) is 50.3 Å². The maximum atomic E-state index is 6.04. The number of halogens is 2. The van der Waals surface area contributed by atoms with Crippen LogP contribution in [0.5, 0.6) is 0 Å². The molecule has 2 aliphatic heterocycles. The van der Waals surface area contributed by atoms with Gasteiger partial charge in [0.15, 0.2) is 5.96 Å². The number of aliphatic imine (C=N–C) groups is 1. The van der Waals surface area contributed by atoms with Crippen molar-refractivity contribution in [2.75, 3.05) is 39.4 Å². The first-order chi connectivity index (χ1) is 12.1. The molecule has 3 fully saturated rings. The minimum atomic E-state index is 0. The second-order valence-electron chi connectivity index (χ2n) is 7.93. The Hall–Kier alpha value is -0.530. The molecule has 1 aromatic carbocycles. The first kappa shape index (κ1) is 20.2. The molecule has 2 heterocycles. The molecule has 1 spiro atoms. The Bertz CT molecular complexity index is 639. The van der Waals surface area contributed by atoms with Gasteiger partial charge in [0, 0.05) is 42.1 Å². The van der Waals surface area contributed by atoms with Gasteiger partial charge in [0.2, 0.25) is 0 Å². The van der Waals surface area contributed by atoms with Crippen LogP contribution < -0.4 is 5.32 Å². The number of likely N-dealkylation sites (tertiary alicyclic amines) is 1. The van der Waals surface area contributed by atoms with Crippen molar-refractivity contribution >= 4 is 41.5 Å². The van der Waals surface area contributed by atoms with Crippen LogP contribution in [0.2, 0.25) is 5.02 Å².